The lowest BCUT2D eigenvalue weighted by atomic mass is 9.90. The van der Waals surface area contributed by atoms with Gasteiger partial charge in [-0.05, 0) is 61.1 Å². The van der Waals surface area contributed by atoms with Gasteiger partial charge in [-0.3, -0.25) is 4.90 Å². The molecule has 2 atom stereocenters. The van der Waals surface area contributed by atoms with Crippen LogP contribution in [0.4, 0.5) is 0 Å². The van der Waals surface area contributed by atoms with Crippen molar-refractivity contribution in [1.29, 1.82) is 5.26 Å². The summed E-state index contributed by atoms with van der Waals surface area (Å²) >= 11 is 2.32. The fraction of sp³-hybridized carbons (Fsp3) is 0.533. The van der Waals surface area contributed by atoms with Crippen LogP contribution in [0.3, 0.4) is 0 Å². The summed E-state index contributed by atoms with van der Waals surface area (Å²) in [6.45, 7) is 8.53. The lowest BCUT2D eigenvalue weighted by Gasteiger charge is -2.31. The zero-order chi connectivity index (χ0) is 13.3. The predicted octanol–water partition coefficient (Wildman–Crippen LogP) is 3.63. The predicted molar refractivity (Wildman–Crippen MR) is 82.3 cm³/mol. The third kappa shape index (κ3) is 2.86. The Hall–Kier alpha value is -0.600. The molecule has 0 bridgehead atoms. The Balaban J connectivity index is 2.23. The molecular weight excluding hydrogens is 335 g/mol. The van der Waals surface area contributed by atoms with E-state index in [0.29, 0.717) is 5.92 Å². The smallest absolute Gasteiger partial charge is 0.0676 e. The maximum absolute atomic E-state index is 9.36. The summed E-state index contributed by atoms with van der Waals surface area (Å²) in [5, 5.41) is 9.36. The van der Waals surface area contributed by atoms with Gasteiger partial charge in [-0.25, -0.2) is 0 Å². The quantitative estimate of drug-likeness (QED) is 0.721. The lowest BCUT2D eigenvalue weighted by Crippen LogP contribution is -2.39. The number of halogens is 1. The van der Waals surface area contributed by atoms with Crippen molar-refractivity contribution in [3.05, 3.63) is 33.4 Å². The van der Waals surface area contributed by atoms with E-state index in [4.69, 9.17) is 0 Å². The Morgan fingerprint density at radius 3 is 2.33 bits per heavy atom. The average Bonchev–Trinajstić information content (AvgIpc) is 2.73. The topological polar surface area (TPSA) is 27.0 Å². The van der Waals surface area contributed by atoms with Crippen LogP contribution in [-0.2, 0) is 0 Å². The van der Waals surface area contributed by atoms with Crippen molar-refractivity contribution >= 4 is 22.6 Å². The van der Waals surface area contributed by atoms with Crippen molar-refractivity contribution in [3.8, 4) is 6.07 Å². The van der Waals surface area contributed by atoms with Gasteiger partial charge in [-0.15, -0.1) is 0 Å². The first-order chi connectivity index (χ1) is 8.41. The van der Waals surface area contributed by atoms with Gasteiger partial charge in [0, 0.05) is 28.1 Å². The third-order valence-corrected chi connectivity index (χ3v) is 4.45. The van der Waals surface area contributed by atoms with E-state index in [0.717, 1.165) is 13.1 Å². The zero-order valence-corrected chi connectivity index (χ0v) is 13.3. The van der Waals surface area contributed by atoms with Crippen LogP contribution in [0.2, 0.25) is 0 Å². The van der Waals surface area contributed by atoms with E-state index in [9.17, 15) is 5.26 Å². The van der Waals surface area contributed by atoms with Crippen molar-refractivity contribution in [1.82, 2.24) is 4.90 Å². The number of hydrogen-bond acceptors (Lipinski definition) is 2. The molecule has 1 aliphatic rings. The first kappa shape index (κ1) is 13.8. The second kappa shape index (κ2) is 5.18. The number of nitriles is 1. The van der Waals surface area contributed by atoms with Crippen molar-refractivity contribution in [2.75, 3.05) is 13.1 Å². The minimum Gasteiger partial charge on any atom is -0.297 e. The Morgan fingerprint density at radius 1 is 1.22 bits per heavy atom. The van der Waals surface area contributed by atoms with E-state index < -0.39 is 0 Å². The molecule has 1 fully saturated rings. The Labute approximate surface area is 123 Å². The van der Waals surface area contributed by atoms with Crippen LogP contribution in [-0.4, -0.2) is 23.5 Å². The molecule has 2 rings (SSSR count). The highest BCUT2D eigenvalue weighted by atomic mass is 127. The molecule has 0 radical (unpaired) electrons. The van der Waals surface area contributed by atoms with Gasteiger partial charge < -0.3 is 0 Å². The molecular formula is C15H19IN2. The molecule has 1 aliphatic heterocycles. The summed E-state index contributed by atoms with van der Waals surface area (Å²) < 4.78 is 1.25. The number of benzene rings is 1. The monoisotopic (exact) mass is 354 g/mol. The van der Waals surface area contributed by atoms with Crippen LogP contribution in [0.25, 0.3) is 0 Å². The first-order valence-electron chi connectivity index (χ1n) is 6.32. The van der Waals surface area contributed by atoms with Crippen LogP contribution in [0, 0.1) is 20.8 Å². The van der Waals surface area contributed by atoms with Gasteiger partial charge >= 0.3 is 0 Å². The van der Waals surface area contributed by atoms with Gasteiger partial charge in [0.2, 0.25) is 0 Å². The molecule has 3 heteroatoms. The molecule has 2 nitrogen and oxygen atoms in total. The highest BCUT2D eigenvalue weighted by Gasteiger charge is 2.38. The Bertz CT molecular complexity index is 453. The zero-order valence-electron chi connectivity index (χ0n) is 11.2. The lowest BCUT2D eigenvalue weighted by molar-refractivity contribution is 0.170. The fourth-order valence-electron chi connectivity index (χ4n) is 2.53. The number of rotatable bonds is 1. The third-order valence-electron chi connectivity index (χ3n) is 3.73. The van der Waals surface area contributed by atoms with Crippen LogP contribution in [0.5, 0.6) is 0 Å². The molecule has 96 valence electrons. The highest BCUT2D eigenvalue weighted by molar-refractivity contribution is 14.1. The van der Waals surface area contributed by atoms with Crippen molar-refractivity contribution in [2.45, 2.75) is 32.2 Å². The molecule has 0 unspecified atom stereocenters. The van der Waals surface area contributed by atoms with Crippen LogP contribution in [0.1, 0.15) is 32.3 Å². The van der Waals surface area contributed by atoms with E-state index in [1.807, 2.05) is 0 Å². The molecule has 0 spiro atoms. The summed E-state index contributed by atoms with van der Waals surface area (Å²) in [7, 11) is 0. The maximum atomic E-state index is 9.36. The molecule has 1 saturated heterocycles. The van der Waals surface area contributed by atoms with E-state index in [1.54, 1.807) is 0 Å². The Morgan fingerprint density at radius 2 is 1.83 bits per heavy atom. The molecule has 1 aromatic rings. The molecule has 18 heavy (non-hydrogen) atoms. The molecule has 0 aromatic heterocycles. The van der Waals surface area contributed by atoms with Crippen molar-refractivity contribution < 1.29 is 0 Å². The van der Waals surface area contributed by atoms with Crippen molar-refractivity contribution in [3.63, 3.8) is 0 Å². The van der Waals surface area contributed by atoms with Gasteiger partial charge in [0.1, 0.15) is 0 Å². The Kier molecular flexibility index (Phi) is 3.98. The van der Waals surface area contributed by atoms with Gasteiger partial charge in [0.25, 0.3) is 0 Å². The molecule has 0 aliphatic carbocycles. The van der Waals surface area contributed by atoms with E-state index >= 15 is 0 Å². The fourth-order valence-corrected chi connectivity index (χ4v) is 2.89. The second-order valence-electron chi connectivity index (χ2n) is 5.97. The number of likely N-dealkylation sites (tertiary alicyclic amines) is 1. The van der Waals surface area contributed by atoms with Crippen LogP contribution >= 0.6 is 22.6 Å². The molecule has 1 aromatic carbocycles. The first-order valence-corrected chi connectivity index (χ1v) is 7.40. The summed E-state index contributed by atoms with van der Waals surface area (Å²) in [6.07, 6.45) is 0. The molecule has 0 saturated carbocycles. The number of nitrogens with zero attached hydrogens (tertiary/aromatic N) is 2. The van der Waals surface area contributed by atoms with Gasteiger partial charge in [0.05, 0.1) is 12.0 Å². The number of hydrogen-bond donors (Lipinski definition) is 0. The summed E-state index contributed by atoms with van der Waals surface area (Å²) in [6, 6.07) is 11.1. The maximum Gasteiger partial charge on any atom is 0.0676 e. The standard InChI is InChI=1S/C15H19IN2/c1-15(2,3)18-9-12(8-17)14(10-18)11-4-6-13(16)7-5-11/h4-7,12,14H,9-10H2,1-3H3/t12-,14+/m0/s1. The second-order valence-corrected chi connectivity index (χ2v) is 7.22. The SMILES string of the molecule is CC(C)(C)N1C[C@H](c2ccc(I)cc2)[C@@H](C#N)C1. The van der Waals surface area contributed by atoms with E-state index in [2.05, 4.69) is 78.6 Å². The average molecular weight is 354 g/mol. The minimum absolute atomic E-state index is 0.115. The summed E-state index contributed by atoms with van der Waals surface area (Å²) in [4.78, 5) is 2.42. The largest absolute Gasteiger partial charge is 0.297 e. The minimum atomic E-state index is 0.115. The summed E-state index contributed by atoms with van der Waals surface area (Å²) in [5.41, 5.74) is 1.45. The van der Waals surface area contributed by atoms with Crippen LogP contribution in [0.15, 0.2) is 24.3 Å². The van der Waals surface area contributed by atoms with Gasteiger partial charge in [-0.2, -0.15) is 5.26 Å². The van der Waals surface area contributed by atoms with Gasteiger partial charge in [-0.1, -0.05) is 12.1 Å². The normalized spacial score (nSPS) is 25.1. The van der Waals surface area contributed by atoms with Gasteiger partial charge in [0.15, 0.2) is 0 Å². The van der Waals surface area contributed by atoms with Crippen LogP contribution < -0.4 is 0 Å². The molecule has 1 heterocycles. The van der Waals surface area contributed by atoms with Crippen molar-refractivity contribution in [2.24, 2.45) is 5.92 Å². The highest BCUT2D eigenvalue weighted by Crippen LogP contribution is 2.35. The van der Waals surface area contributed by atoms with E-state index in [-0.39, 0.29) is 11.5 Å². The van der Waals surface area contributed by atoms with E-state index in [1.165, 1.54) is 9.13 Å². The summed E-state index contributed by atoms with van der Waals surface area (Å²) in [5.74, 6) is 0.468. The molecule has 0 N–H and O–H groups in total. The molecule has 0 amide bonds.